The lowest BCUT2D eigenvalue weighted by Crippen LogP contribution is -2.42. The largest absolute Gasteiger partial charge is 0.486 e. The lowest BCUT2D eigenvalue weighted by Gasteiger charge is -2.27. The van der Waals surface area contributed by atoms with E-state index in [1.54, 1.807) is 0 Å². The molecule has 24 heavy (non-hydrogen) atoms. The molecule has 2 atom stereocenters. The normalized spacial score (nSPS) is 25.8. The number of carbonyl (C=O) groups excluding carboxylic acids is 1. The van der Waals surface area contributed by atoms with Gasteiger partial charge in [-0.1, -0.05) is 6.07 Å². The van der Waals surface area contributed by atoms with Gasteiger partial charge in [-0.25, -0.2) is 4.79 Å². The molecule has 6 heteroatoms. The first-order chi connectivity index (χ1) is 11.8. The number of hydrogen-bond donors (Lipinski definition) is 1. The van der Waals surface area contributed by atoms with E-state index in [-0.39, 0.29) is 18.2 Å². The molecule has 0 unspecified atom stereocenters. The summed E-state index contributed by atoms with van der Waals surface area (Å²) in [6.07, 6.45) is 4.29. The number of likely N-dealkylation sites (tertiary alicyclic amines) is 1. The third-order valence-electron chi connectivity index (χ3n) is 4.97. The number of nitrogens with one attached hydrogen (secondary N) is 1. The number of nitrogens with zero attached hydrogens (tertiary/aromatic N) is 1. The fourth-order valence-electron chi connectivity index (χ4n) is 3.73. The van der Waals surface area contributed by atoms with Gasteiger partial charge in [-0.3, -0.25) is 0 Å². The smallest absolute Gasteiger partial charge is 0.318 e. The molecule has 1 aromatic rings. The highest BCUT2D eigenvalue weighted by Crippen LogP contribution is 2.38. The lowest BCUT2D eigenvalue weighted by atomic mass is 10.0. The van der Waals surface area contributed by atoms with E-state index in [9.17, 15) is 4.79 Å². The highest BCUT2D eigenvalue weighted by atomic mass is 16.6. The first kappa shape index (κ1) is 15.6. The predicted octanol–water partition coefficient (Wildman–Crippen LogP) is 2.48. The maximum atomic E-state index is 12.6. The number of rotatable bonds is 3. The topological polar surface area (TPSA) is 60.0 Å². The molecule has 130 valence electrons. The number of ether oxygens (including phenoxy) is 3. The van der Waals surface area contributed by atoms with Crippen molar-refractivity contribution in [3.8, 4) is 11.5 Å². The second-order valence-corrected chi connectivity index (χ2v) is 6.58. The van der Waals surface area contributed by atoms with Crippen molar-refractivity contribution < 1.29 is 19.0 Å². The number of fused-ring (bicyclic) bond motifs is 1. The molecule has 3 aliphatic rings. The SMILES string of the molecule is O=C(NC[C@H]1CCCO1)N1CCC[C@H]1c1ccc2c(c1)OCCO2. The van der Waals surface area contributed by atoms with Crippen molar-refractivity contribution >= 4 is 6.03 Å². The van der Waals surface area contributed by atoms with Gasteiger partial charge in [0.15, 0.2) is 11.5 Å². The van der Waals surface area contributed by atoms with Crippen LogP contribution in [-0.2, 0) is 4.74 Å². The molecule has 1 aromatic carbocycles. The maximum Gasteiger partial charge on any atom is 0.318 e. The van der Waals surface area contributed by atoms with Crippen molar-refractivity contribution in [1.29, 1.82) is 0 Å². The molecule has 0 radical (unpaired) electrons. The second-order valence-electron chi connectivity index (χ2n) is 6.58. The van der Waals surface area contributed by atoms with Crippen LogP contribution >= 0.6 is 0 Å². The van der Waals surface area contributed by atoms with Gasteiger partial charge >= 0.3 is 6.03 Å². The molecule has 0 aromatic heterocycles. The third-order valence-corrected chi connectivity index (χ3v) is 4.97. The molecular formula is C18H24N2O4. The van der Waals surface area contributed by atoms with Crippen LogP contribution in [0.3, 0.4) is 0 Å². The van der Waals surface area contributed by atoms with E-state index < -0.39 is 0 Å². The zero-order valence-corrected chi connectivity index (χ0v) is 13.8. The molecule has 2 saturated heterocycles. The van der Waals surface area contributed by atoms with Crippen LogP contribution in [0.1, 0.15) is 37.3 Å². The first-order valence-electron chi connectivity index (χ1n) is 8.87. The van der Waals surface area contributed by atoms with Crippen molar-refractivity contribution in [2.75, 3.05) is 32.9 Å². The molecule has 0 saturated carbocycles. The molecule has 0 spiro atoms. The monoisotopic (exact) mass is 332 g/mol. The minimum absolute atomic E-state index is 0.00268. The van der Waals surface area contributed by atoms with E-state index >= 15 is 0 Å². The fourth-order valence-corrected chi connectivity index (χ4v) is 3.73. The molecule has 0 bridgehead atoms. The average molecular weight is 332 g/mol. The number of amides is 2. The number of benzene rings is 1. The Labute approximate surface area is 142 Å². The minimum Gasteiger partial charge on any atom is -0.486 e. The summed E-state index contributed by atoms with van der Waals surface area (Å²) in [5.74, 6) is 1.57. The molecule has 2 fully saturated rings. The average Bonchev–Trinajstić information content (AvgIpc) is 3.31. The van der Waals surface area contributed by atoms with Crippen LogP contribution in [0.4, 0.5) is 4.79 Å². The van der Waals surface area contributed by atoms with E-state index in [2.05, 4.69) is 5.32 Å². The first-order valence-corrected chi connectivity index (χ1v) is 8.87. The molecule has 2 amide bonds. The van der Waals surface area contributed by atoms with Gasteiger partial charge in [0, 0.05) is 19.7 Å². The highest BCUT2D eigenvalue weighted by molar-refractivity contribution is 5.75. The van der Waals surface area contributed by atoms with Gasteiger partial charge in [-0.15, -0.1) is 0 Å². The van der Waals surface area contributed by atoms with Crippen LogP contribution in [0.5, 0.6) is 11.5 Å². The van der Waals surface area contributed by atoms with Gasteiger partial charge in [-0.2, -0.15) is 0 Å². The summed E-state index contributed by atoms with van der Waals surface area (Å²) >= 11 is 0. The van der Waals surface area contributed by atoms with E-state index in [0.29, 0.717) is 19.8 Å². The van der Waals surface area contributed by atoms with E-state index in [1.165, 1.54) is 0 Å². The van der Waals surface area contributed by atoms with E-state index in [1.807, 2.05) is 23.1 Å². The molecule has 4 rings (SSSR count). The summed E-state index contributed by atoms with van der Waals surface area (Å²) < 4.78 is 16.8. The Kier molecular flexibility index (Phi) is 4.47. The second kappa shape index (κ2) is 6.89. The van der Waals surface area contributed by atoms with Gasteiger partial charge in [0.2, 0.25) is 0 Å². The summed E-state index contributed by atoms with van der Waals surface area (Å²) in [6.45, 7) is 3.37. The van der Waals surface area contributed by atoms with Crippen LogP contribution in [0.25, 0.3) is 0 Å². The molecule has 1 N–H and O–H groups in total. The van der Waals surface area contributed by atoms with Gasteiger partial charge in [0.25, 0.3) is 0 Å². The Balaban J connectivity index is 1.43. The number of carbonyl (C=O) groups is 1. The third kappa shape index (κ3) is 3.15. The Morgan fingerprint density at radius 3 is 2.83 bits per heavy atom. The van der Waals surface area contributed by atoms with Crippen molar-refractivity contribution in [1.82, 2.24) is 10.2 Å². The summed E-state index contributed by atoms with van der Waals surface area (Å²) in [5, 5.41) is 3.03. The van der Waals surface area contributed by atoms with Crippen LogP contribution in [0, 0.1) is 0 Å². The summed E-state index contributed by atoms with van der Waals surface area (Å²) in [4.78, 5) is 14.5. The molecule has 3 heterocycles. The Morgan fingerprint density at radius 1 is 1.12 bits per heavy atom. The summed E-state index contributed by atoms with van der Waals surface area (Å²) in [6, 6.07) is 6.12. The van der Waals surface area contributed by atoms with Crippen LogP contribution in [-0.4, -0.2) is 49.9 Å². The number of hydrogen-bond acceptors (Lipinski definition) is 4. The fraction of sp³-hybridized carbons (Fsp3) is 0.611. The maximum absolute atomic E-state index is 12.6. The molecule has 6 nitrogen and oxygen atoms in total. The minimum atomic E-state index is 0.00268. The van der Waals surface area contributed by atoms with Crippen LogP contribution < -0.4 is 14.8 Å². The van der Waals surface area contributed by atoms with Crippen LogP contribution in [0.2, 0.25) is 0 Å². The van der Waals surface area contributed by atoms with Gasteiger partial charge in [0.05, 0.1) is 12.1 Å². The van der Waals surface area contributed by atoms with Crippen molar-refractivity contribution in [3.05, 3.63) is 23.8 Å². The predicted molar refractivity (Wildman–Crippen MR) is 88.5 cm³/mol. The molecule has 0 aliphatic carbocycles. The summed E-state index contributed by atoms with van der Waals surface area (Å²) in [5.41, 5.74) is 1.11. The zero-order valence-electron chi connectivity index (χ0n) is 13.8. The standard InChI is InChI=1S/C18H24N2O4/c21-18(19-12-14-3-2-8-22-14)20-7-1-4-15(20)13-5-6-16-17(11-13)24-10-9-23-16/h5-6,11,14-15H,1-4,7-10,12H2,(H,19,21)/t14-,15+/m1/s1. The quantitative estimate of drug-likeness (QED) is 0.924. The zero-order chi connectivity index (χ0) is 16.4. The van der Waals surface area contributed by atoms with Crippen molar-refractivity contribution in [3.63, 3.8) is 0 Å². The Morgan fingerprint density at radius 2 is 2.00 bits per heavy atom. The van der Waals surface area contributed by atoms with Crippen molar-refractivity contribution in [2.45, 2.75) is 37.8 Å². The Hall–Kier alpha value is -1.95. The van der Waals surface area contributed by atoms with E-state index in [4.69, 9.17) is 14.2 Å². The molecule has 3 aliphatic heterocycles. The van der Waals surface area contributed by atoms with Gasteiger partial charge < -0.3 is 24.4 Å². The summed E-state index contributed by atoms with van der Waals surface area (Å²) in [7, 11) is 0. The Bertz CT molecular complexity index is 601. The van der Waals surface area contributed by atoms with E-state index in [0.717, 1.165) is 55.9 Å². The number of urea groups is 1. The van der Waals surface area contributed by atoms with Gasteiger partial charge in [0.1, 0.15) is 13.2 Å². The molecular weight excluding hydrogens is 308 g/mol. The van der Waals surface area contributed by atoms with Crippen molar-refractivity contribution in [2.24, 2.45) is 0 Å². The lowest BCUT2D eigenvalue weighted by molar-refractivity contribution is 0.108. The highest BCUT2D eigenvalue weighted by Gasteiger charge is 2.31. The van der Waals surface area contributed by atoms with Crippen LogP contribution in [0.15, 0.2) is 18.2 Å². The van der Waals surface area contributed by atoms with Gasteiger partial charge in [-0.05, 0) is 43.4 Å².